The lowest BCUT2D eigenvalue weighted by Crippen LogP contribution is -2.27. The topological polar surface area (TPSA) is 37.8 Å². The van der Waals surface area contributed by atoms with Crippen LogP contribution in [-0.4, -0.2) is 9.55 Å². The number of nitrogens with zero attached hydrogens (tertiary/aromatic N) is 1. The number of aromatic nitrogens is 2. The van der Waals surface area contributed by atoms with Crippen molar-refractivity contribution < 1.29 is 0 Å². The van der Waals surface area contributed by atoms with Gasteiger partial charge in [-0.15, -0.1) is 11.3 Å². The van der Waals surface area contributed by atoms with E-state index in [1.165, 1.54) is 11.3 Å². The van der Waals surface area contributed by atoms with E-state index in [0.717, 1.165) is 10.2 Å². The third-order valence-electron chi connectivity index (χ3n) is 2.24. The fourth-order valence-electron chi connectivity index (χ4n) is 1.59. The minimum atomic E-state index is 0.00919. The molecule has 1 N–H and O–H groups in total. The van der Waals surface area contributed by atoms with Gasteiger partial charge in [-0.25, -0.2) is 0 Å². The van der Waals surface area contributed by atoms with E-state index >= 15 is 0 Å². The summed E-state index contributed by atoms with van der Waals surface area (Å²) >= 11 is 6.72. The smallest absolute Gasteiger partial charge is 0.263 e. The third kappa shape index (κ3) is 2.10. The molecule has 0 unspecified atom stereocenters. The first-order chi connectivity index (χ1) is 7.38. The molecule has 0 aliphatic carbocycles. The molecule has 0 aliphatic rings. The Bertz CT molecular complexity index is 628. The van der Waals surface area contributed by atoms with Crippen molar-refractivity contribution in [3.05, 3.63) is 26.6 Å². The first-order valence-electron chi connectivity index (χ1n) is 5.09. The Kier molecular flexibility index (Phi) is 2.75. The van der Waals surface area contributed by atoms with Crippen molar-refractivity contribution in [1.82, 2.24) is 9.55 Å². The summed E-state index contributed by atoms with van der Waals surface area (Å²) in [5, 5.41) is 2.63. The SMILES string of the molecule is CC(C)(C)Cn1c(=S)[nH]c2sccc2c1=O. The maximum absolute atomic E-state index is 12.2. The summed E-state index contributed by atoms with van der Waals surface area (Å²) in [6, 6.07) is 1.84. The van der Waals surface area contributed by atoms with Crippen LogP contribution in [0.2, 0.25) is 0 Å². The lowest BCUT2D eigenvalue weighted by Gasteiger charge is -2.19. The molecule has 0 spiro atoms. The Morgan fingerprint density at radius 1 is 1.50 bits per heavy atom. The zero-order valence-electron chi connectivity index (χ0n) is 9.53. The number of fused-ring (bicyclic) bond motifs is 1. The highest BCUT2D eigenvalue weighted by Gasteiger charge is 2.14. The van der Waals surface area contributed by atoms with Crippen LogP contribution in [0.15, 0.2) is 16.2 Å². The largest absolute Gasteiger partial charge is 0.323 e. The maximum Gasteiger partial charge on any atom is 0.263 e. The molecular formula is C11H14N2OS2. The molecule has 0 amide bonds. The molecule has 5 heteroatoms. The normalized spacial score (nSPS) is 12.2. The quantitative estimate of drug-likeness (QED) is 0.794. The van der Waals surface area contributed by atoms with Crippen LogP contribution in [-0.2, 0) is 6.54 Å². The van der Waals surface area contributed by atoms with Gasteiger partial charge in [0.2, 0.25) is 0 Å². The molecule has 2 aromatic heterocycles. The van der Waals surface area contributed by atoms with Crippen LogP contribution in [0.4, 0.5) is 0 Å². The molecule has 0 fully saturated rings. The van der Waals surface area contributed by atoms with Gasteiger partial charge in [0.25, 0.3) is 5.56 Å². The van der Waals surface area contributed by atoms with Crippen LogP contribution in [0.25, 0.3) is 10.2 Å². The molecule has 0 saturated carbocycles. The lowest BCUT2D eigenvalue weighted by atomic mass is 9.97. The molecule has 3 nitrogen and oxygen atoms in total. The highest BCUT2D eigenvalue weighted by Crippen LogP contribution is 2.18. The standard InChI is InChI=1S/C11H14N2OS2/c1-11(2,3)6-13-9(14)7-4-5-16-8(7)12-10(13)15/h4-5H,6H2,1-3H3,(H,12,15). The summed E-state index contributed by atoms with van der Waals surface area (Å²) in [5.74, 6) is 0. The van der Waals surface area contributed by atoms with Gasteiger partial charge in [0.1, 0.15) is 4.83 Å². The van der Waals surface area contributed by atoms with Crippen LogP contribution < -0.4 is 5.56 Å². The highest BCUT2D eigenvalue weighted by atomic mass is 32.1. The van der Waals surface area contributed by atoms with Gasteiger partial charge in [0, 0.05) is 6.54 Å². The first kappa shape index (κ1) is 11.5. The minimum Gasteiger partial charge on any atom is -0.323 e. The molecule has 86 valence electrons. The zero-order chi connectivity index (χ0) is 11.9. The zero-order valence-corrected chi connectivity index (χ0v) is 11.2. The Morgan fingerprint density at radius 3 is 2.81 bits per heavy atom. The Morgan fingerprint density at radius 2 is 2.19 bits per heavy atom. The molecule has 0 aromatic carbocycles. The molecule has 0 radical (unpaired) electrons. The average molecular weight is 254 g/mol. The van der Waals surface area contributed by atoms with Crippen molar-refractivity contribution in [3.8, 4) is 0 Å². The van der Waals surface area contributed by atoms with Crippen molar-refractivity contribution in [1.29, 1.82) is 0 Å². The van der Waals surface area contributed by atoms with E-state index in [-0.39, 0.29) is 11.0 Å². The number of nitrogens with one attached hydrogen (secondary N) is 1. The number of hydrogen-bond acceptors (Lipinski definition) is 3. The van der Waals surface area contributed by atoms with Crippen LogP contribution in [0, 0.1) is 10.2 Å². The molecule has 0 atom stereocenters. The number of H-pyrrole nitrogens is 1. The fraction of sp³-hybridized carbons (Fsp3) is 0.455. The molecule has 2 heterocycles. The second-order valence-electron chi connectivity index (χ2n) is 5.05. The third-order valence-corrected chi connectivity index (χ3v) is 3.39. The van der Waals surface area contributed by atoms with Crippen molar-refractivity contribution in [3.63, 3.8) is 0 Å². The van der Waals surface area contributed by atoms with Gasteiger partial charge in [-0.3, -0.25) is 9.36 Å². The number of aromatic amines is 1. The Labute approximate surface area is 103 Å². The van der Waals surface area contributed by atoms with Gasteiger partial charge in [-0.2, -0.15) is 0 Å². The Balaban J connectivity index is 2.70. The summed E-state index contributed by atoms with van der Waals surface area (Å²) in [6.07, 6.45) is 0. The lowest BCUT2D eigenvalue weighted by molar-refractivity contribution is 0.335. The highest BCUT2D eigenvalue weighted by molar-refractivity contribution is 7.71. The van der Waals surface area contributed by atoms with Crippen LogP contribution >= 0.6 is 23.6 Å². The van der Waals surface area contributed by atoms with Gasteiger partial charge < -0.3 is 4.98 Å². The predicted octanol–water partition coefficient (Wildman–Crippen LogP) is 3.17. The van der Waals surface area contributed by atoms with Crippen molar-refractivity contribution in [2.75, 3.05) is 0 Å². The summed E-state index contributed by atoms with van der Waals surface area (Å²) in [6.45, 7) is 6.90. The van der Waals surface area contributed by atoms with Crippen molar-refractivity contribution in [2.45, 2.75) is 27.3 Å². The maximum atomic E-state index is 12.2. The molecular weight excluding hydrogens is 240 g/mol. The first-order valence-corrected chi connectivity index (χ1v) is 6.37. The van der Waals surface area contributed by atoms with E-state index in [1.807, 2.05) is 11.4 Å². The van der Waals surface area contributed by atoms with E-state index in [4.69, 9.17) is 12.2 Å². The number of thiophene rings is 1. The summed E-state index contributed by atoms with van der Waals surface area (Å²) in [7, 11) is 0. The van der Waals surface area contributed by atoms with Gasteiger partial charge in [-0.05, 0) is 29.1 Å². The summed E-state index contributed by atoms with van der Waals surface area (Å²) in [5.41, 5.74) is 0.0458. The molecule has 0 aliphatic heterocycles. The van der Waals surface area contributed by atoms with E-state index in [1.54, 1.807) is 4.57 Å². The summed E-state index contributed by atoms with van der Waals surface area (Å²) in [4.78, 5) is 16.1. The average Bonchev–Trinajstić information content (AvgIpc) is 2.58. The van der Waals surface area contributed by atoms with Crippen molar-refractivity contribution in [2.24, 2.45) is 5.41 Å². The second-order valence-corrected chi connectivity index (χ2v) is 6.35. The van der Waals surface area contributed by atoms with Gasteiger partial charge in [-0.1, -0.05) is 20.8 Å². The minimum absolute atomic E-state index is 0.00919. The fourth-order valence-corrected chi connectivity index (χ4v) is 2.69. The van der Waals surface area contributed by atoms with Gasteiger partial charge >= 0.3 is 0 Å². The van der Waals surface area contributed by atoms with Crippen LogP contribution in [0.1, 0.15) is 20.8 Å². The monoisotopic (exact) mass is 254 g/mol. The molecule has 2 rings (SSSR count). The van der Waals surface area contributed by atoms with E-state index < -0.39 is 0 Å². The van der Waals surface area contributed by atoms with Crippen LogP contribution in [0.5, 0.6) is 0 Å². The Hall–Kier alpha value is -0.940. The predicted molar refractivity (Wildman–Crippen MR) is 70.7 cm³/mol. The second kappa shape index (κ2) is 3.82. The van der Waals surface area contributed by atoms with Gasteiger partial charge in [0.15, 0.2) is 4.77 Å². The molecule has 0 saturated heterocycles. The molecule has 0 bridgehead atoms. The van der Waals surface area contributed by atoms with E-state index in [2.05, 4.69) is 25.8 Å². The number of hydrogen-bond donors (Lipinski definition) is 1. The van der Waals surface area contributed by atoms with Crippen molar-refractivity contribution >= 4 is 33.8 Å². The van der Waals surface area contributed by atoms with Crippen LogP contribution in [0.3, 0.4) is 0 Å². The van der Waals surface area contributed by atoms with E-state index in [0.29, 0.717) is 11.3 Å². The molecule has 16 heavy (non-hydrogen) atoms. The summed E-state index contributed by atoms with van der Waals surface area (Å²) < 4.78 is 2.15. The van der Waals surface area contributed by atoms with Gasteiger partial charge in [0.05, 0.1) is 5.39 Å². The van der Waals surface area contributed by atoms with E-state index in [9.17, 15) is 4.79 Å². The molecule has 2 aromatic rings. The number of rotatable bonds is 1.